The van der Waals surface area contributed by atoms with Crippen LogP contribution in [-0.2, 0) is 23.5 Å². The number of hydrogen-bond acceptors (Lipinski definition) is 9. The number of nitrogens with zero attached hydrogens (tertiary/aromatic N) is 1. The van der Waals surface area contributed by atoms with Gasteiger partial charge in [-0.1, -0.05) is 53.9 Å². The van der Waals surface area contributed by atoms with E-state index in [0.717, 1.165) is 39.3 Å². The molecule has 4 aromatic rings. The number of methoxy groups -OCH3 is 3. The summed E-state index contributed by atoms with van der Waals surface area (Å²) in [6.45, 7) is 9.95. The SMILES string of the molecule is COC(=O)c1cc(Br)cc(-c2ccc(C)cn2)c1.COC(=O)c1cc(Br)cc(B2OC(C)(C)C(C)(C)O2)c1.COC(=O)c1cc(Br)cc(I)c1. The Bertz CT molecular complexity index is 1820. The molecule has 0 aliphatic carbocycles. The van der Waals surface area contributed by atoms with Crippen molar-refractivity contribution in [2.45, 2.75) is 45.8 Å². The van der Waals surface area contributed by atoms with Gasteiger partial charge in [0, 0.05) is 28.7 Å². The van der Waals surface area contributed by atoms with Gasteiger partial charge in [0.15, 0.2) is 0 Å². The second-order valence-electron chi connectivity index (χ2n) is 11.9. The molecule has 0 amide bonds. The van der Waals surface area contributed by atoms with E-state index in [2.05, 4.69) is 80.1 Å². The third kappa shape index (κ3) is 11.4. The minimum absolute atomic E-state index is 0.311. The molecule has 1 saturated heterocycles. The maximum atomic E-state index is 11.7. The first-order valence-corrected chi connectivity index (χ1v) is 18.5. The first kappa shape index (κ1) is 41.8. The summed E-state index contributed by atoms with van der Waals surface area (Å²) in [5.74, 6) is -1.05. The second-order valence-corrected chi connectivity index (χ2v) is 15.9. The zero-order valence-electron chi connectivity index (χ0n) is 28.7. The lowest BCUT2D eigenvalue weighted by atomic mass is 9.78. The van der Waals surface area contributed by atoms with E-state index >= 15 is 0 Å². The Kier molecular flexibility index (Phi) is 15.2. The number of rotatable bonds is 5. The lowest BCUT2D eigenvalue weighted by Crippen LogP contribution is -2.41. The molecule has 0 bridgehead atoms. The van der Waals surface area contributed by atoms with Gasteiger partial charge >= 0.3 is 25.0 Å². The van der Waals surface area contributed by atoms with Crippen molar-refractivity contribution in [2.24, 2.45) is 0 Å². The number of ether oxygens (including phenoxy) is 3. The van der Waals surface area contributed by atoms with Crippen LogP contribution in [0.15, 0.2) is 86.3 Å². The minimum atomic E-state index is -0.499. The zero-order valence-corrected chi connectivity index (χ0v) is 35.6. The zero-order chi connectivity index (χ0) is 37.4. The fourth-order valence-electron chi connectivity index (χ4n) is 4.36. The molecular formula is C36H36BBr3INO8. The summed E-state index contributed by atoms with van der Waals surface area (Å²) in [6, 6.07) is 20.1. The predicted molar refractivity (Wildman–Crippen MR) is 213 cm³/mol. The predicted octanol–water partition coefficient (Wildman–Crippen LogP) is 8.98. The number of pyridine rings is 1. The third-order valence-electron chi connectivity index (χ3n) is 7.68. The molecule has 0 spiro atoms. The van der Waals surface area contributed by atoms with Gasteiger partial charge in [-0.05, 0) is 129 Å². The maximum Gasteiger partial charge on any atom is 0.494 e. The molecule has 1 aliphatic heterocycles. The Balaban J connectivity index is 0.000000209. The molecule has 0 unspecified atom stereocenters. The van der Waals surface area contributed by atoms with Crippen molar-refractivity contribution in [3.63, 3.8) is 0 Å². The van der Waals surface area contributed by atoms with E-state index in [9.17, 15) is 14.4 Å². The monoisotopic (exact) mass is 985 g/mol. The van der Waals surface area contributed by atoms with E-state index in [1.54, 1.807) is 42.6 Å². The minimum Gasteiger partial charge on any atom is -0.465 e. The van der Waals surface area contributed by atoms with Crippen LogP contribution >= 0.6 is 70.4 Å². The highest BCUT2D eigenvalue weighted by molar-refractivity contribution is 14.1. The Hall–Kier alpha value is -2.63. The van der Waals surface area contributed by atoms with Crippen LogP contribution in [0.1, 0.15) is 64.3 Å². The number of aromatic nitrogens is 1. The molecule has 0 radical (unpaired) electrons. The molecule has 2 heterocycles. The molecular weight excluding hydrogens is 952 g/mol. The van der Waals surface area contributed by atoms with Gasteiger partial charge in [0.2, 0.25) is 0 Å². The maximum absolute atomic E-state index is 11.7. The number of hydrogen-bond donors (Lipinski definition) is 0. The first-order valence-electron chi connectivity index (χ1n) is 15.0. The molecule has 50 heavy (non-hydrogen) atoms. The van der Waals surface area contributed by atoms with Gasteiger partial charge in [-0.25, -0.2) is 14.4 Å². The average molecular weight is 988 g/mol. The van der Waals surface area contributed by atoms with Gasteiger partial charge < -0.3 is 23.5 Å². The molecule has 14 heteroatoms. The highest BCUT2D eigenvalue weighted by atomic mass is 127. The van der Waals surface area contributed by atoms with Gasteiger partial charge in [-0.3, -0.25) is 4.98 Å². The molecule has 1 fully saturated rings. The van der Waals surface area contributed by atoms with E-state index in [1.807, 2.05) is 65.0 Å². The number of aryl methyl sites for hydroxylation is 1. The number of halogens is 4. The Morgan fingerprint density at radius 1 is 0.680 bits per heavy atom. The molecule has 0 N–H and O–H groups in total. The summed E-state index contributed by atoms with van der Waals surface area (Å²) in [4.78, 5) is 38.6. The van der Waals surface area contributed by atoms with E-state index in [1.165, 1.54) is 21.3 Å². The van der Waals surface area contributed by atoms with Crippen LogP contribution in [0, 0.1) is 10.5 Å². The van der Waals surface area contributed by atoms with Crippen molar-refractivity contribution in [3.05, 3.63) is 112 Å². The summed E-state index contributed by atoms with van der Waals surface area (Å²) in [6.07, 6.45) is 1.80. The van der Waals surface area contributed by atoms with Crippen LogP contribution in [0.3, 0.4) is 0 Å². The van der Waals surface area contributed by atoms with Gasteiger partial charge in [0.05, 0.1) is 54.9 Å². The fourth-order valence-corrected chi connectivity index (χ4v) is 6.96. The van der Waals surface area contributed by atoms with Crippen molar-refractivity contribution >= 4 is 101 Å². The smallest absolute Gasteiger partial charge is 0.465 e. The average Bonchev–Trinajstić information content (AvgIpc) is 3.29. The van der Waals surface area contributed by atoms with E-state index < -0.39 is 18.3 Å². The van der Waals surface area contributed by atoms with Crippen molar-refractivity contribution in [2.75, 3.05) is 21.3 Å². The van der Waals surface area contributed by atoms with Crippen molar-refractivity contribution in [3.8, 4) is 11.3 Å². The number of carbonyl (C=O) groups excluding carboxylic acids is 3. The Morgan fingerprint density at radius 3 is 1.60 bits per heavy atom. The Morgan fingerprint density at radius 2 is 1.14 bits per heavy atom. The molecule has 1 aromatic heterocycles. The summed E-state index contributed by atoms with van der Waals surface area (Å²) in [5, 5.41) is 0. The molecule has 3 aromatic carbocycles. The lowest BCUT2D eigenvalue weighted by Gasteiger charge is -2.32. The summed E-state index contributed by atoms with van der Waals surface area (Å²) in [5.41, 5.74) is 4.31. The number of benzene rings is 3. The largest absolute Gasteiger partial charge is 0.494 e. The molecule has 5 rings (SSSR count). The molecule has 0 saturated carbocycles. The van der Waals surface area contributed by atoms with Crippen LogP contribution in [0.25, 0.3) is 11.3 Å². The van der Waals surface area contributed by atoms with Crippen LogP contribution < -0.4 is 5.46 Å². The molecule has 1 aliphatic rings. The topological polar surface area (TPSA) is 110 Å². The second kappa shape index (κ2) is 18.2. The van der Waals surface area contributed by atoms with E-state index in [4.69, 9.17) is 18.8 Å². The standard InChI is InChI=1S/C14H18BBrO4.C14H12BrNO2.C8H6BrIO2/c1-13(2)14(3,4)20-15(19-13)10-6-9(12(17)18-5)7-11(16)8-10;1-9-3-4-13(16-8-9)10-5-11(14(17)18-2)7-12(15)6-10;1-12-8(11)5-2-6(9)4-7(10)3-5/h6-8H,1-5H3;3-8H,1-2H3;2-4H,1H3. The summed E-state index contributed by atoms with van der Waals surface area (Å²) < 4.78 is 29.5. The van der Waals surface area contributed by atoms with Crippen LogP contribution in [0.5, 0.6) is 0 Å². The van der Waals surface area contributed by atoms with Gasteiger partial charge in [0.1, 0.15) is 0 Å². The summed E-state index contributed by atoms with van der Waals surface area (Å²) >= 11 is 12.2. The van der Waals surface area contributed by atoms with E-state index in [0.29, 0.717) is 16.7 Å². The lowest BCUT2D eigenvalue weighted by molar-refractivity contribution is 0.00578. The van der Waals surface area contributed by atoms with Crippen molar-refractivity contribution in [1.29, 1.82) is 0 Å². The highest BCUT2D eigenvalue weighted by Gasteiger charge is 2.51. The molecule has 9 nitrogen and oxygen atoms in total. The molecule has 0 atom stereocenters. The normalized spacial score (nSPS) is 14.0. The summed E-state index contributed by atoms with van der Waals surface area (Å²) in [7, 11) is 3.60. The Labute approximate surface area is 331 Å². The quantitative estimate of drug-likeness (QED) is 0.0838. The van der Waals surface area contributed by atoms with E-state index in [-0.39, 0.29) is 17.9 Å². The van der Waals surface area contributed by atoms with Gasteiger partial charge in [-0.2, -0.15) is 0 Å². The van der Waals surface area contributed by atoms with Crippen LogP contribution in [-0.4, -0.2) is 62.5 Å². The third-order valence-corrected chi connectivity index (χ3v) is 9.67. The highest BCUT2D eigenvalue weighted by Crippen LogP contribution is 2.36. The van der Waals surface area contributed by atoms with Gasteiger partial charge in [-0.15, -0.1) is 0 Å². The fraction of sp³-hybridized carbons (Fsp3) is 0.278. The molecule has 264 valence electrons. The van der Waals surface area contributed by atoms with Gasteiger partial charge in [0.25, 0.3) is 0 Å². The number of carbonyl (C=O) groups is 3. The first-order chi connectivity index (χ1) is 23.4. The van der Waals surface area contributed by atoms with Crippen LogP contribution in [0.2, 0.25) is 0 Å². The van der Waals surface area contributed by atoms with Crippen LogP contribution in [0.4, 0.5) is 0 Å². The van der Waals surface area contributed by atoms with Crippen molar-refractivity contribution in [1.82, 2.24) is 4.98 Å². The van der Waals surface area contributed by atoms with Crippen molar-refractivity contribution < 1.29 is 37.9 Å². The number of esters is 3.